The molecule has 3 N–H and O–H groups in total. The van der Waals surface area contributed by atoms with Gasteiger partial charge in [0.05, 0.1) is 23.8 Å². The largest absolute Gasteiger partial charge is 0.507 e. The minimum Gasteiger partial charge on any atom is -0.507 e. The van der Waals surface area contributed by atoms with E-state index in [1.807, 2.05) is 23.9 Å². The predicted molar refractivity (Wildman–Crippen MR) is 93.5 cm³/mol. The number of hydrogen-bond donors (Lipinski definition) is 2. The highest BCUT2D eigenvalue weighted by atomic mass is 16.3. The fraction of sp³-hybridized carbons (Fsp3) is 0.294. The normalized spacial score (nSPS) is 19.4. The van der Waals surface area contributed by atoms with Crippen LogP contribution in [0.25, 0.3) is 17.1 Å². The van der Waals surface area contributed by atoms with Crippen LogP contribution in [0.15, 0.2) is 43.1 Å². The highest BCUT2D eigenvalue weighted by molar-refractivity contribution is 5.66. The maximum atomic E-state index is 10.3. The molecule has 8 heteroatoms. The summed E-state index contributed by atoms with van der Waals surface area (Å²) < 4.78 is 1.81. The molecular weight excluding hydrogens is 318 g/mol. The highest BCUT2D eigenvalue weighted by Gasteiger charge is 2.30. The first-order valence-corrected chi connectivity index (χ1v) is 8.11. The molecule has 0 radical (unpaired) electrons. The lowest BCUT2D eigenvalue weighted by molar-refractivity contribution is 0.338. The average molecular weight is 337 g/mol. The van der Waals surface area contributed by atoms with E-state index in [1.165, 1.54) is 0 Å². The van der Waals surface area contributed by atoms with E-state index in [-0.39, 0.29) is 11.8 Å². The van der Waals surface area contributed by atoms with Crippen LogP contribution in [0.2, 0.25) is 0 Å². The van der Waals surface area contributed by atoms with Crippen molar-refractivity contribution in [1.29, 1.82) is 0 Å². The topological polar surface area (TPSA) is 106 Å². The minimum atomic E-state index is 0.0964. The molecule has 1 aromatic carbocycles. The van der Waals surface area contributed by atoms with Crippen molar-refractivity contribution in [3.8, 4) is 22.8 Å². The molecule has 0 atom stereocenters. The molecule has 0 aliphatic heterocycles. The van der Waals surface area contributed by atoms with Crippen molar-refractivity contribution < 1.29 is 5.11 Å². The van der Waals surface area contributed by atoms with Crippen LogP contribution in [0, 0.1) is 0 Å². The maximum absolute atomic E-state index is 10.3. The molecule has 0 saturated heterocycles. The van der Waals surface area contributed by atoms with Crippen molar-refractivity contribution in [3.05, 3.63) is 43.1 Å². The molecule has 3 aromatic rings. The molecule has 0 spiro atoms. The zero-order valence-electron chi connectivity index (χ0n) is 13.8. The van der Waals surface area contributed by atoms with Crippen LogP contribution >= 0.6 is 0 Å². The van der Waals surface area contributed by atoms with Crippen LogP contribution in [0.4, 0.5) is 5.82 Å². The van der Waals surface area contributed by atoms with Crippen LogP contribution in [0.1, 0.15) is 12.8 Å². The lowest BCUT2D eigenvalue weighted by Crippen LogP contribution is -2.49. The fourth-order valence-corrected chi connectivity index (χ4v) is 2.97. The lowest BCUT2D eigenvalue weighted by Gasteiger charge is -2.39. The van der Waals surface area contributed by atoms with Crippen molar-refractivity contribution in [2.75, 3.05) is 11.9 Å². The number of rotatable bonds is 4. The first-order chi connectivity index (χ1) is 12.1. The van der Waals surface area contributed by atoms with E-state index < -0.39 is 0 Å². The van der Waals surface area contributed by atoms with E-state index in [0.29, 0.717) is 23.2 Å². The minimum absolute atomic E-state index is 0.0964. The van der Waals surface area contributed by atoms with Crippen LogP contribution in [-0.2, 0) is 0 Å². The fourth-order valence-electron chi connectivity index (χ4n) is 2.97. The summed E-state index contributed by atoms with van der Waals surface area (Å²) in [6.07, 6.45) is 8.75. The number of hydrogen-bond acceptors (Lipinski definition) is 7. The molecule has 0 bridgehead atoms. The molecule has 0 amide bonds. The van der Waals surface area contributed by atoms with Crippen LogP contribution in [0.3, 0.4) is 0 Å². The number of benzene rings is 1. The number of phenolic OH excluding ortho intramolecular Hbond substituents is 1. The quantitative estimate of drug-likeness (QED) is 0.740. The summed E-state index contributed by atoms with van der Waals surface area (Å²) in [6.45, 7) is 0. The van der Waals surface area contributed by atoms with E-state index in [1.54, 1.807) is 30.9 Å². The molecule has 2 aromatic heterocycles. The standard InChI is InChI=1S/C17H19N7O/c1-23(13-6-11(18)7-13)16-9-20-17(22-21-16)14-3-2-12(8-15(14)25)24-5-4-19-10-24/h2-5,8-11,13,25H,6-7,18H2,1H3/t11-,13+. The van der Waals surface area contributed by atoms with Gasteiger partial charge in [0.2, 0.25) is 0 Å². The van der Waals surface area contributed by atoms with Crippen LogP contribution in [-0.4, -0.2) is 49.0 Å². The number of nitrogens with zero attached hydrogens (tertiary/aromatic N) is 6. The highest BCUT2D eigenvalue weighted by Crippen LogP contribution is 2.30. The van der Waals surface area contributed by atoms with E-state index in [4.69, 9.17) is 5.73 Å². The molecule has 128 valence electrons. The summed E-state index contributed by atoms with van der Waals surface area (Å²) in [7, 11) is 1.97. The zero-order valence-corrected chi connectivity index (χ0v) is 13.8. The van der Waals surface area contributed by atoms with Gasteiger partial charge in [0, 0.05) is 37.6 Å². The molecule has 8 nitrogen and oxygen atoms in total. The molecule has 25 heavy (non-hydrogen) atoms. The Kier molecular flexibility index (Phi) is 3.81. The van der Waals surface area contributed by atoms with Crippen molar-refractivity contribution in [1.82, 2.24) is 24.7 Å². The Labute approximate surface area is 145 Å². The van der Waals surface area contributed by atoms with E-state index in [0.717, 1.165) is 18.5 Å². The summed E-state index contributed by atoms with van der Waals surface area (Å²) in [5.74, 6) is 1.19. The second-order valence-corrected chi connectivity index (χ2v) is 6.31. The van der Waals surface area contributed by atoms with Crippen molar-refractivity contribution in [3.63, 3.8) is 0 Å². The second kappa shape index (κ2) is 6.14. The Bertz CT molecular complexity index is 857. The lowest BCUT2D eigenvalue weighted by atomic mass is 9.86. The Morgan fingerprint density at radius 1 is 1.28 bits per heavy atom. The second-order valence-electron chi connectivity index (χ2n) is 6.31. The molecule has 0 unspecified atom stereocenters. The van der Waals surface area contributed by atoms with Gasteiger partial charge in [-0.05, 0) is 25.0 Å². The number of imidazole rings is 1. The van der Waals surface area contributed by atoms with E-state index >= 15 is 0 Å². The first-order valence-electron chi connectivity index (χ1n) is 8.11. The third-order valence-corrected chi connectivity index (χ3v) is 4.63. The van der Waals surface area contributed by atoms with Crippen LogP contribution < -0.4 is 10.6 Å². The average Bonchev–Trinajstić information content (AvgIpc) is 3.13. The Morgan fingerprint density at radius 2 is 2.12 bits per heavy atom. The summed E-state index contributed by atoms with van der Waals surface area (Å²) >= 11 is 0. The van der Waals surface area contributed by atoms with Gasteiger partial charge in [-0.1, -0.05) is 0 Å². The van der Waals surface area contributed by atoms with Gasteiger partial charge in [0.25, 0.3) is 0 Å². The van der Waals surface area contributed by atoms with Gasteiger partial charge < -0.3 is 20.3 Å². The van der Waals surface area contributed by atoms with Gasteiger partial charge in [0.15, 0.2) is 11.6 Å². The van der Waals surface area contributed by atoms with Crippen molar-refractivity contribution in [2.24, 2.45) is 5.73 Å². The summed E-state index contributed by atoms with van der Waals surface area (Å²) in [5, 5.41) is 18.7. The van der Waals surface area contributed by atoms with Gasteiger partial charge in [-0.2, -0.15) is 0 Å². The molecule has 1 aliphatic carbocycles. The van der Waals surface area contributed by atoms with Gasteiger partial charge in [-0.15, -0.1) is 10.2 Å². The summed E-state index contributed by atoms with van der Waals surface area (Å²) in [6, 6.07) is 5.96. The Morgan fingerprint density at radius 3 is 2.72 bits per heavy atom. The Hall–Kier alpha value is -3.00. The van der Waals surface area contributed by atoms with Crippen molar-refractivity contribution in [2.45, 2.75) is 24.9 Å². The van der Waals surface area contributed by atoms with Gasteiger partial charge >= 0.3 is 0 Å². The smallest absolute Gasteiger partial charge is 0.185 e. The van der Waals surface area contributed by atoms with E-state index in [9.17, 15) is 5.11 Å². The number of nitrogens with two attached hydrogens (primary N) is 1. The van der Waals surface area contributed by atoms with E-state index in [2.05, 4.69) is 25.1 Å². The third-order valence-electron chi connectivity index (χ3n) is 4.63. The van der Waals surface area contributed by atoms with Crippen molar-refractivity contribution >= 4 is 5.82 Å². The van der Waals surface area contributed by atoms with Gasteiger partial charge in [-0.25, -0.2) is 9.97 Å². The zero-order chi connectivity index (χ0) is 17.4. The number of aromatic nitrogens is 5. The predicted octanol–water partition coefficient (Wildman–Crippen LogP) is 1.36. The molecule has 2 heterocycles. The van der Waals surface area contributed by atoms with Crippen LogP contribution in [0.5, 0.6) is 5.75 Å². The Balaban J connectivity index is 1.56. The molecule has 1 aliphatic rings. The maximum Gasteiger partial charge on any atom is 0.185 e. The monoisotopic (exact) mass is 337 g/mol. The molecular formula is C17H19N7O. The SMILES string of the molecule is CN(c1cnc(-c2ccc(-n3ccnc3)cc2O)nn1)[C@H]1C[C@@H](N)C1. The number of anilines is 1. The number of aromatic hydroxyl groups is 1. The molecule has 1 fully saturated rings. The number of phenols is 1. The van der Waals surface area contributed by atoms with Gasteiger partial charge in [0.1, 0.15) is 5.75 Å². The summed E-state index contributed by atoms with van der Waals surface area (Å²) in [4.78, 5) is 10.4. The molecule has 1 saturated carbocycles. The van der Waals surface area contributed by atoms with Gasteiger partial charge in [-0.3, -0.25) is 0 Å². The third kappa shape index (κ3) is 2.91. The molecule has 4 rings (SSSR count). The summed E-state index contributed by atoms with van der Waals surface area (Å²) in [5.41, 5.74) is 7.18. The first kappa shape index (κ1) is 15.5.